The standard InChI is InChI=1S/C22H26N4O3S/c1-4-16-12-17-20(23-13-24-22(17)30-16)26-9-7-14(8-10-26)21(27)25-18-11-15(28-2)5-6-19(18)29-3/h5-6,11-14H,4,7-10H2,1-3H3,(H,25,27). The van der Waals surface area contributed by atoms with Gasteiger partial charge in [-0.15, -0.1) is 11.3 Å². The van der Waals surface area contributed by atoms with Crippen LogP contribution in [0.1, 0.15) is 24.6 Å². The molecule has 1 N–H and O–H groups in total. The highest BCUT2D eigenvalue weighted by Gasteiger charge is 2.27. The zero-order valence-electron chi connectivity index (χ0n) is 17.5. The quantitative estimate of drug-likeness (QED) is 0.639. The number of thiophene rings is 1. The summed E-state index contributed by atoms with van der Waals surface area (Å²) in [7, 11) is 3.19. The maximum absolute atomic E-state index is 12.9. The number of hydrogen-bond acceptors (Lipinski definition) is 7. The maximum Gasteiger partial charge on any atom is 0.227 e. The Morgan fingerprint density at radius 1 is 1.20 bits per heavy atom. The summed E-state index contributed by atoms with van der Waals surface area (Å²) in [5.74, 6) is 2.23. The molecule has 2 aromatic heterocycles. The normalized spacial score (nSPS) is 14.7. The molecule has 3 aromatic rings. The summed E-state index contributed by atoms with van der Waals surface area (Å²) in [6, 6.07) is 7.58. The molecule has 0 saturated carbocycles. The van der Waals surface area contributed by atoms with Crippen LogP contribution in [0.4, 0.5) is 11.5 Å². The second-order valence-electron chi connectivity index (χ2n) is 7.30. The van der Waals surface area contributed by atoms with Gasteiger partial charge in [-0.05, 0) is 37.5 Å². The van der Waals surface area contributed by atoms with Gasteiger partial charge in [0, 0.05) is 30.0 Å². The van der Waals surface area contributed by atoms with Gasteiger partial charge in [-0.3, -0.25) is 4.79 Å². The Hall–Kier alpha value is -2.87. The van der Waals surface area contributed by atoms with Gasteiger partial charge >= 0.3 is 0 Å². The van der Waals surface area contributed by atoms with E-state index < -0.39 is 0 Å². The molecule has 1 aromatic carbocycles. The average molecular weight is 427 g/mol. The number of carbonyl (C=O) groups excluding carboxylic acids is 1. The fourth-order valence-corrected chi connectivity index (χ4v) is 4.75. The molecule has 1 aliphatic heterocycles. The molecule has 1 fully saturated rings. The van der Waals surface area contributed by atoms with Crippen molar-refractivity contribution in [2.45, 2.75) is 26.2 Å². The molecule has 0 atom stereocenters. The Balaban J connectivity index is 1.44. The van der Waals surface area contributed by atoms with Crippen molar-refractivity contribution < 1.29 is 14.3 Å². The van der Waals surface area contributed by atoms with Crippen LogP contribution in [0.2, 0.25) is 0 Å². The number of hydrogen-bond donors (Lipinski definition) is 1. The molecule has 0 aliphatic carbocycles. The monoisotopic (exact) mass is 426 g/mol. The first-order valence-electron chi connectivity index (χ1n) is 10.1. The van der Waals surface area contributed by atoms with Gasteiger partial charge in [0.1, 0.15) is 28.5 Å². The largest absolute Gasteiger partial charge is 0.497 e. The van der Waals surface area contributed by atoms with Crippen LogP contribution in [0, 0.1) is 5.92 Å². The van der Waals surface area contributed by atoms with E-state index in [0.29, 0.717) is 17.2 Å². The lowest BCUT2D eigenvalue weighted by Crippen LogP contribution is -2.38. The summed E-state index contributed by atoms with van der Waals surface area (Å²) < 4.78 is 10.6. The van der Waals surface area contributed by atoms with Gasteiger partial charge in [-0.2, -0.15) is 0 Å². The highest BCUT2D eigenvalue weighted by molar-refractivity contribution is 7.18. The van der Waals surface area contributed by atoms with Crippen molar-refractivity contribution in [1.29, 1.82) is 0 Å². The molecule has 30 heavy (non-hydrogen) atoms. The van der Waals surface area contributed by atoms with E-state index in [4.69, 9.17) is 9.47 Å². The van der Waals surface area contributed by atoms with E-state index in [0.717, 1.165) is 48.4 Å². The first-order chi connectivity index (χ1) is 14.6. The number of aryl methyl sites for hydroxylation is 1. The summed E-state index contributed by atoms with van der Waals surface area (Å²) >= 11 is 1.72. The summed E-state index contributed by atoms with van der Waals surface area (Å²) in [6.07, 6.45) is 4.18. The fourth-order valence-electron chi connectivity index (χ4n) is 3.82. The molecular formula is C22H26N4O3S. The van der Waals surface area contributed by atoms with Crippen LogP contribution >= 0.6 is 11.3 Å². The predicted octanol–water partition coefficient (Wildman–Crippen LogP) is 4.13. The Morgan fingerprint density at radius 3 is 2.70 bits per heavy atom. The minimum absolute atomic E-state index is 0.0119. The first kappa shape index (κ1) is 20.4. The van der Waals surface area contributed by atoms with E-state index in [9.17, 15) is 4.79 Å². The van der Waals surface area contributed by atoms with Crippen molar-refractivity contribution in [2.75, 3.05) is 37.5 Å². The smallest absolute Gasteiger partial charge is 0.227 e. The van der Waals surface area contributed by atoms with Gasteiger partial charge in [-0.1, -0.05) is 6.92 Å². The molecule has 0 unspecified atom stereocenters. The fraction of sp³-hybridized carbons (Fsp3) is 0.409. The Morgan fingerprint density at radius 2 is 2.00 bits per heavy atom. The number of anilines is 2. The number of fused-ring (bicyclic) bond motifs is 1. The van der Waals surface area contributed by atoms with Gasteiger partial charge in [0.2, 0.25) is 5.91 Å². The molecule has 8 heteroatoms. The third-order valence-corrected chi connectivity index (χ3v) is 6.73. The zero-order chi connectivity index (χ0) is 21.1. The van der Waals surface area contributed by atoms with Crippen LogP contribution < -0.4 is 19.7 Å². The summed E-state index contributed by atoms with van der Waals surface area (Å²) in [5.41, 5.74) is 0.632. The molecule has 7 nitrogen and oxygen atoms in total. The predicted molar refractivity (Wildman–Crippen MR) is 120 cm³/mol. The van der Waals surface area contributed by atoms with Gasteiger partial charge in [0.05, 0.1) is 25.3 Å². The van der Waals surface area contributed by atoms with Crippen molar-refractivity contribution in [1.82, 2.24) is 9.97 Å². The topological polar surface area (TPSA) is 76.6 Å². The molecular weight excluding hydrogens is 400 g/mol. The molecule has 1 saturated heterocycles. The lowest BCUT2D eigenvalue weighted by Gasteiger charge is -2.32. The first-order valence-corrected chi connectivity index (χ1v) is 11.0. The summed E-state index contributed by atoms with van der Waals surface area (Å²) in [4.78, 5) is 26.5. The van der Waals surface area contributed by atoms with Crippen molar-refractivity contribution >= 4 is 39.0 Å². The summed E-state index contributed by atoms with van der Waals surface area (Å²) in [6.45, 7) is 3.73. The molecule has 4 rings (SSSR count). The number of carbonyl (C=O) groups is 1. The lowest BCUT2D eigenvalue weighted by atomic mass is 9.95. The Bertz CT molecular complexity index is 1040. The number of benzene rings is 1. The molecule has 3 heterocycles. The number of aromatic nitrogens is 2. The number of methoxy groups -OCH3 is 2. The van der Waals surface area contributed by atoms with E-state index in [1.165, 1.54) is 4.88 Å². The molecule has 0 radical (unpaired) electrons. The number of piperidine rings is 1. The number of ether oxygens (including phenoxy) is 2. The maximum atomic E-state index is 12.9. The number of nitrogens with one attached hydrogen (secondary N) is 1. The highest BCUT2D eigenvalue weighted by atomic mass is 32.1. The summed E-state index contributed by atoms with van der Waals surface area (Å²) in [5, 5.41) is 4.13. The van der Waals surface area contributed by atoms with Crippen LogP contribution in [-0.4, -0.2) is 43.2 Å². The molecule has 0 bridgehead atoms. The Kier molecular flexibility index (Phi) is 6.03. The molecule has 158 valence electrons. The van der Waals surface area contributed by atoms with Crippen LogP contribution in [0.25, 0.3) is 10.2 Å². The van der Waals surface area contributed by atoms with E-state index >= 15 is 0 Å². The zero-order valence-corrected chi connectivity index (χ0v) is 18.3. The third kappa shape index (κ3) is 4.05. The van der Waals surface area contributed by atoms with E-state index in [2.05, 4.69) is 33.2 Å². The van der Waals surface area contributed by atoms with E-state index in [-0.39, 0.29) is 11.8 Å². The SMILES string of the molecule is CCc1cc2c(N3CCC(C(=O)Nc4cc(OC)ccc4OC)CC3)ncnc2s1. The van der Waals surface area contributed by atoms with Crippen molar-refractivity contribution in [2.24, 2.45) is 5.92 Å². The van der Waals surface area contributed by atoms with Gasteiger partial charge in [0.15, 0.2) is 0 Å². The van der Waals surface area contributed by atoms with Gasteiger partial charge in [-0.25, -0.2) is 9.97 Å². The number of nitrogens with zero attached hydrogens (tertiary/aromatic N) is 3. The van der Waals surface area contributed by atoms with Gasteiger partial charge in [0.25, 0.3) is 0 Å². The van der Waals surface area contributed by atoms with Crippen molar-refractivity contribution in [3.05, 3.63) is 35.5 Å². The highest BCUT2D eigenvalue weighted by Crippen LogP contribution is 2.34. The van der Waals surface area contributed by atoms with Crippen LogP contribution in [0.15, 0.2) is 30.6 Å². The van der Waals surface area contributed by atoms with Gasteiger partial charge < -0.3 is 19.7 Å². The molecule has 1 aliphatic rings. The van der Waals surface area contributed by atoms with Crippen molar-refractivity contribution in [3.63, 3.8) is 0 Å². The van der Waals surface area contributed by atoms with E-state index in [1.807, 2.05) is 6.07 Å². The minimum Gasteiger partial charge on any atom is -0.497 e. The second-order valence-corrected chi connectivity index (χ2v) is 8.41. The van der Waals surface area contributed by atoms with Crippen molar-refractivity contribution in [3.8, 4) is 11.5 Å². The van der Waals surface area contributed by atoms with Crippen LogP contribution in [0.3, 0.4) is 0 Å². The van der Waals surface area contributed by atoms with Crippen LogP contribution in [0.5, 0.6) is 11.5 Å². The second kappa shape index (κ2) is 8.87. The average Bonchev–Trinajstić information content (AvgIpc) is 3.22. The lowest BCUT2D eigenvalue weighted by molar-refractivity contribution is -0.120. The minimum atomic E-state index is -0.0526. The van der Waals surface area contributed by atoms with Crippen LogP contribution in [-0.2, 0) is 11.2 Å². The molecule has 0 spiro atoms. The number of rotatable bonds is 6. The molecule has 1 amide bonds. The van der Waals surface area contributed by atoms with E-state index in [1.54, 1.807) is 44.0 Å². The number of amides is 1. The third-order valence-electron chi connectivity index (χ3n) is 5.54. The Labute approximate surface area is 180 Å².